The lowest BCUT2D eigenvalue weighted by molar-refractivity contribution is 0.0690. The molecule has 1 aliphatic rings. The first-order valence-corrected chi connectivity index (χ1v) is 6.57. The minimum absolute atomic E-state index is 0.680. The SMILES string of the molecule is CCOc1ccc(NC(=S)N2CCOCC2)cc1. The normalized spacial score (nSPS) is 15.3. The van der Waals surface area contributed by atoms with E-state index in [4.69, 9.17) is 21.7 Å². The van der Waals surface area contributed by atoms with Crippen LogP contribution in [0.2, 0.25) is 0 Å². The van der Waals surface area contributed by atoms with Crippen LogP contribution in [0.15, 0.2) is 24.3 Å². The summed E-state index contributed by atoms with van der Waals surface area (Å²) in [5, 5.41) is 3.98. The van der Waals surface area contributed by atoms with Gasteiger partial charge in [-0.1, -0.05) is 0 Å². The van der Waals surface area contributed by atoms with Crippen LogP contribution in [0.1, 0.15) is 6.92 Å². The zero-order valence-electron chi connectivity index (χ0n) is 10.5. The summed E-state index contributed by atoms with van der Waals surface area (Å²) in [7, 11) is 0. The van der Waals surface area contributed by atoms with E-state index in [0.29, 0.717) is 6.61 Å². The maximum atomic E-state index is 5.39. The molecule has 1 saturated heterocycles. The minimum atomic E-state index is 0.680. The molecule has 1 aliphatic heterocycles. The zero-order chi connectivity index (χ0) is 12.8. The fraction of sp³-hybridized carbons (Fsp3) is 0.462. The van der Waals surface area contributed by atoms with Crippen molar-refractivity contribution in [2.24, 2.45) is 0 Å². The molecule has 0 atom stereocenters. The van der Waals surface area contributed by atoms with E-state index in [1.807, 2.05) is 31.2 Å². The number of nitrogens with zero attached hydrogens (tertiary/aromatic N) is 1. The lowest BCUT2D eigenvalue weighted by Crippen LogP contribution is -2.42. The van der Waals surface area contributed by atoms with Gasteiger partial charge in [0.2, 0.25) is 0 Å². The van der Waals surface area contributed by atoms with Crippen molar-refractivity contribution in [3.8, 4) is 5.75 Å². The van der Waals surface area contributed by atoms with Crippen molar-refractivity contribution in [1.29, 1.82) is 0 Å². The number of hydrogen-bond donors (Lipinski definition) is 1. The van der Waals surface area contributed by atoms with Crippen LogP contribution in [-0.4, -0.2) is 42.9 Å². The molecule has 1 heterocycles. The molecule has 98 valence electrons. The molecule has 4 nitrogen and oxygen atoms in total. The Labute approximate surface area is 113 Å². The van der Waals surface area contributed by atoms with Gasteiger partial charge in [0.05, 0.1) is 19.8 Å². The standard InChI is InChI=1S/C13H18N2O2S/c1-2-17-12-5-3-11(4-6-12)14-13(18)15-7-9-16-10-8-15/h3-6H,2,7-10H2,1H3,(H,14,18). The first-order valence-electron chi connectivity index (χ1n) is 6.16. The van der Waals surface area contributed by atoms with E-state index in [-0.39, 0.29) is 0 Å². The number of anilines is 1. The zero-order valence-corrected chi connectivity index (χ0v) is 11.3. The Balaban J connectivity index is 1.89. The van der Waals surface area contributed by atoms with Crippen LogP contribution in [-0.2, 0) is 4.74 Å². The van der Waals surface area contributed by atoms with Crippen molar-refractivity contribution in [2.75, 3.05) is 38.2 Å². The van der Waals surface area contributed by atoms with Gasteiger partial charge in [-0.3, -0.25) is 0 Å². The average Bonchev–Trinajstić information content (AvgIpc) is 2.42. The number of ether oxygens (including phenoxy) is 2. The lowest BCUT2D eigenvalue weighted by Gasteiger charge is -2.29. The summed E-state index contributed by atoms with van der Waals surface area (Å²) in [6.07, 6.45) is 0. The quantitative estimate of drug-likeness (QED) is 0.848. The van der Waals surface area contributed by atoms with Gasteiger partial charge in [0, 0.05) is 18.8 Å². The van der Waals surface area contributed by atoms with E-state index in [1.165, 1.54) is 0 Å². The van der Waals surface area contributed by atoms with Crippen molar-refractivity contribution in [3.05, 3.63) is 24.3 Å². The molecule has 1 aromatic rings. The Morgan fingerprint density at radius 2 is 2.00 bits per heavy atom. The molecule has 0 bridgehead atoms. The summed E-state index contributed by atoms with van der Waals surface area (Å²) in [6, 6.07) is 7.82. The summed E-state index contributed by atoms with van der Waals surface area (Å²) in [5.74, 6) is 0.875. The molecule has 5 heteroatoms. The molecule has 1 fully saturated rings. The Morgan fingerprint density at radius 3 is 2.61 bits per heavy atom. The molecule has 2 rings (SSSR count). The third-order valence-corrected chi connectivity index (χ3v) is 3.08. The summed E-state index contributed by atoms with van der Waals surface area (Å²) < 4.78 is 10.7. The Bertz CT molecular complexity index is 388. The molecule has 0 radical (unpaired) electrons. The molecule has 18 heavy (non-hydrogen) atoms. The van der Waals surface area contributed by atoms with Crippen molar-refractivity contribution in [1.82, 2.24) is 4.90 Å². The average molecular weight is 266 g/mol. The predicted molar refractivity (Wildman–Crippen MR) is 76.2 cm³/mol. The largest absolute Gasteiger partial charge is 0.494 e. The molecule has 0 saturated carbocycles. The Kier molecular flexibility index (Phi) is 4.78. The third-order valence-electron chi connectivity index (χ3n) is 2.71. The number of nitrogens with one attached hydrogen (secondary N) is 1. The number of rotatable bonds is 3. The fourth-order valence-electron chi connectivity index (χ4n) is 1.77. The van der Waals surface area contributed by atoms with Gasteiger partial charge < -0.3 is 19.7 Å². The topological polar surface area (TPSA) is 33.7 Å². The van der Waals surface area contributed by atoms with Crippen LogP contribution in [0.4, 0.5) is 5.69 Å². The summed E-state index contributed by atoms with van der Waals surface area (Å²) >= 11 is 5.37. The highest BCUT2D eigenvalue weighted by Gasteiger charge is 2.13. The number of morpholine rings is 1. The van der Waals surface area contributed by atoms with Crippen molar-refractivity contribution in [3.63, 3.8) is 0 Å². The van der Waals surface area contributed by atoms with Crippen molar-refractivity contribution in [2.45, 2.75) is 6.92 Å². The van der Waals surface area contributed by atoms with Crippen LogP contribution < -0.4 is 10.1 Å². The lowest BCUT2D eigenvalue weighted by atomic mass is 10.3. The van der Waals surface area contributed by atoms with Gasteiger partial charge in [0.25, 0.3) is 0 Å². The highest BCUT2D eigenvalue weighted by molar-refractivity contribution is 7.80. The van der Waals surface area contributed by atoms with Gasteiger partial charge in [-0.15, -0.1) is 0 Å². The van der Waals surface area contributed by atoms with Gasteiger partial charge in [0.15, 0.2) is 5.11 Å². The highest BCUT2D eigenvalue weighted by atomic mass is 32.1. The molecule has 0 aliphatic carbocycles. The van der Waals surface area contributed by atoms with Gasteiger partial charge in [-0.25, -0.2) is 0 Å². The molecule has 0 unspecified atom stereocenters. The van der Waals surface area contributed by atoms with Gasteiger partial charge in [-0.05, 0) is 43.4 Å². The second-order valence-corrected chi connectivity index (χ2v) is 4.37. The molecule has 1 N–H and O–H groups in total. The molecule has 0 aromatic heterocycles. The van der Waals surface area contributed by atoms with E-state index < -0.39 is 0 Å². The van der Waals surface area contributed by atoms with Crippen LogP contribution in [0.25, 0.3) is 0 Å². The van der Waals surface area contributed by atoms with E-state index in [0.717, 1.165) is 42.9 Å². The minimum Gasteiger partial charge on any atom is -0.494 e. The van der Waals surface area contributed by atoms with Gasteiger partial charge in [0.1, 0.15) is 5.75 Å². The van der Waals surface area contributed by atoms with E-state index >= 15 is 0 Å². The van der Waals surface area contributed by atoms with Crippen LogP contribution in [0.3, 0.4) is 0 Å². The van der Waals surface area contributed by atoms with Crippen molar-refractivity contribution >= 4 is 23.0 Å². The summed E-state index contributed by atoms with van der Waals surface area (Å²) in [6.45, 7) is 5.83. The molecular weight excluding hydrogens is 248 g/mol. The smallest absolute Gasteiger partial charge is 0.173 e. The molecular formula is C13H18N2O2S. The maximum absolute atomic E-state index is 5.39. The highest BCUT2D eigenvalue weighted by Crippen LogP contribution is 2.16. The van der Waals surface area contributed by atoms with Gasteiger partial charge in [-0.2, -0.15) is 0 Å². The predicted octanol–water partition coefficient (Wildman–Crippen LogP) is 2.11. The van der Waals surface area contributed by atoms with Crippen molar-refractivity contribution < 1.29 is 9.47 Å². The number of benzene rings is 1. The summed E-state index contributed by atoms with van der Waals surface area (Å²) in [5.41, 5.74) is 0.981. The first kappa shape index (κ1) is 13.1. The Hall–Kier alpha value is -1.33. The van der Waals surface area contributed by atoms with Crippen LogP contribution in [0, 0.1) is 0 Å². The van der Waals surface area contributed by atoms with E-state index in [2.05, 4.69) is 10.2 Å². The molecule has 0 amide bonds. The third kappa shape index (κ3) is 3.58. The maximum Gasteiger partial charge on any atom is 0.173 e. The van der Waals surface area contributed by atoms with Crippen LogP contribution >= 0.6 is 12.2 Å². The monoisotopic (exact) mass is 266 g/mol. The second kappa shape index (κ2) is 6.56. The molecule has 0 spiro atoms. The summed E-state index contributed by atoms with van der Waals surface area (Å²) in [4.78, 5) is 2.12. The van der Waals surface area contributed by atoms with E-state index in [1.54, 1.807) is 0 Å². The van der Waals surface area contributed by atoms with Gasteiger partial charge >= 0.3 is 0 Å². The number of hydrogen-bond acceptors (Lipinski definition) is 3. The van der Waals surface area contributed by atoms with Crippen LogP contribution in [0.5, 0.6) is 5.75 Å². The fourth-order valence-corrected chi connectivity index (χ4v) is 2.07. The second-order valence-electron chi connectivity index (χ2n) is 3.99. The number of thiocarbonyl (C=S) groups is 1. The van der Waals surface area contributed by atoms with E-state index in [9.17, 15) is 0 Å². The Morgan fingerprint density at radius 1 is 1.33 bits per heavy atom. The molecule has 1 aromatic carbocycles. The first-order chi connectivity index (χ1) is 8.79.